The Morgan fingerprint density at radius 2 is 1.86 bits per heavy atom. The van der Waals surface area contributed by atoms with E-state index in [1.807, 2.05) is 42.5 Å². The van der Waals surface area contributed by atoms with Gasteiger partial charge in [0.2, 0.25) is 0 Å². The summed E-state index contributed by atoms with van der Waals surface area (Å²) in [5.74, 6) is -0.444. The molecule has 0 amide bonds. The van der Waals surface area contributed by atoms with Gasteiger partial charge in [0.1, 0.15) is 0 Å². The number of aromatic nitrogens is 1. The summed E-state index contributed by atoms with van der Waals surface area (Å²) in [5, 5.41) is 10.3. The van der Waals surface area contributed by atoms with Crippen molar-refractivity contribution in [2.75, 3.05) is 0 Å². The van der Waals surface area contributed by atoms with Gasteiger partial charge in [-0.1, -0.05) is 43.3 Å². The van der Waals surface area contributed by atoms with Crippen LogP contribution in [-0.4, -0.2) is 9.67 Å². The third-order valence-electron chi connectivity index (χ3n) is 3.70. The molecule has 0 spiro atoms. The normalized spacial score (nSPS) is 12.7. The first-order chi connectivity index (χ1) is 10.2. The lowest BCUT2D eigenvalue weighted by molar-refractivity contribution is 0.155. The van der Waals surface area contributed by atoms with E-state index < -0.39 is 11.9 Å². The number of aliphatic hydroxyl groups is 1. The Labute approximate surface area is 122 Å². The van der Waals surface area contributed by atoms with Gasteiger partial charge in [0.25, 0.3) is 0 Å². The van der Waals surface area contributed by atoms with Gasteiger partial charge in [-0.2, -0.15) is 0 Å². The van der Waals surface area contributed by atoms with Crippen molar-refractivity contribution in [3.05, 3.63) is 70.2 Å². The predicted molar refractivity (Wildman–Crippen MR) is 81.3 cm³/mol. The van der Waals surface area contributed by atoms with Crippen LogP contribution in [0.15, 0.2) is 57.7 Å². The first kappa shape index (κ1) is 13.6. The quantitative estimate of drug-likeness (QED) is 0.801. The average molecular weight is 283 g/mol. The SMILES string of the molecule is CCc1ccc(C(O)Cn2c(=O)oc3ccccc32)cc1. The molecule has 1 N–H and O–H groups in total. The lowest BCUT2D eigenvalue weighted by Gasteiger charge is -2.12. The van der Waals surface area contributed by atoms with Crippen LogP contribution in [0.3, 0.4) is 0 Å². The van der Waals surface area contributed by atoms with Crippen LogP contribution in [0.4, 0.5) is 0 Å². The van der Waals surface area contributed by atoms with Crippen molar-refractivity contribution < 1.29 is 9.52 Å². The third-order valence-corrected chi connectivity index (χ3v) is 3.70. The Morgan fingerprint density at radius 3 is 2.57 bits per heavy atom. The van der Waals surface area contributed by atoms with E-state index in [0.29, 0.717) is 11.1 Å². The van der Waals surface area contributed by atoms with Crippen LogP contribution < -0.4 is 5.76 Å². The van der Waals surface area contributed by atoms with E-state index in [4.69, 9.17) is 4.42 Å². The highest BCUT2D eigenvalue weighted by Crippen LogP contribution is 2.19. The van der Waals surface area contributed by atoms with Gasteiger partial charge in [-0.05, 0) is 29.7 Å². The molecule has 0 aliphatic heterocycles. The summed E-state index contributed by atoms with van der Waals surface area (Å²) in [6.07, 6.45) is 0.219. The molecule has 4 heteroatoms. The van der Waals surface area contributed by atoms with E-state index in [-0.39, 0.29) is 6.54 Å². The van der Waals surface area contributed by atoms with E-state index in [0.717, 1.165) is 12.0 Å². The minimum Gasteiger partial charge on any atom is -0.408 e. The summed E-state index contributed by atoms with van der Waals surface area (Å²) in [7, 11) is 0. The van der Waals surface area contributed by atoms with Crippen LogP contribution in [0, 0.1) is 0 Å². The molecule has 1 heterocycles. The molecule has 0 fully saturated rings. The van der Waals surface area contributed by atoms with Crippen molar-refractivity contribution >= 4 is 11.1 Å². The maximum Gasteiger partial charge on any atom is 0.420 e. The number of hydrogen-bond acceptors (Lipinski definition) is 3. The highest BCUT2D eigenvalue weighted by atomic mass is 16.4. The van der Waals surface area contributed by atoms with Crippen LogP contribution in [0.5, 0.6) is 0 Å². The molecule has 2 aromatic carbocycles. The van der Waals surface area contributed by atoms with Gasteiger partial charge in [-0.15, -0.1) is 0 Å². The minimum absolute atomic E-state index is 0.182. The molecule has 1 unspecified atom stereocenters. The standard InChI is InChI=1S/C17H17NO3/c1-2-12-7-9-13(10-8-12)15(19)11-18-14-5-3-4-6-16(14)21-17(18)20/h3-10,15,19H,2,11H2,1H3. The van der Waals surface area contributed by atoms with Crippen molar-refractivity contribution in [3.63, 3.8) is 0 Å². The van der Waals surface area contributed by atoms with Gasteiger partial charge >= 0.3 is 5.76 Å². The molecule has 3 rings (SSSR count). The highest BCUT2D eigenvalue weighted by molar-refractivity contribution is 5.72. The van der Waals surface area contributed by atoms with Crippen molar-refractivity contribution in [1.29, 1.82) is 0 Å². The number of para-hydroxylation sites is 2. The second-order valence-electron chi connectivity index (χ2n) is 5.06. The molecular weight excluding hydrogens is 266 g/mol. The fourth-order valence-electron chi connectivity index (χ4n) is 2.44. The zero-order valence-electron chi connectivity index (χ0n) is 11.8. The van der Waals surface area contributed by atoms with Gasteiger partial charge in [0.05, 0.1) is 18.2 Å². The van der Waals surface area contributed by atoms with E-state index in [9.17, 15) is 9.90 Å². The molecule has 0 radical (unpaired) electrons. The number of nitrogens with zero attached hydrogens (tertiary/aromatic N) is 1. The number of oxazole rings is 1. The van der Waals surface area contributed by atoms with Gasteiger partial charge in [0, 0.05) is 0 Å². The maximum atomic E-state index is 11.9. The monoisotopic (exact) mass is 283 g/mol. The summed E-state index contributed by atoms with van der Waals surface area (Å²) in [5.41, 5.74) is 3.25. The largest absolute Gasteiger partial charge is 0.420 e. The number of hydrogen-bond donors (Lipinski definition) is 1. The molecule has 108 valence electrons. The molecule has 0 bridgehead atoms. The molecule has 21 heavy (non-hydrogen) atoms. The Hall–Kier alpha value is -2.33. The maximum absolute atomic E-state index is 11.9. The van der Waals surface area contributed by atoms with Crippen molar-refractivity contribution in [1.82, 2.24) is 4.57 Å². The molecular formula is C17H17NO3. The summed E-state index contributed by atoms with van der Waals surface area (Å²) in [6.45, 7) is 2.27. The molecule has 1 atom stereocenters. The Morgan fingerprint density at radius 1 is 1.14 bits per heavy atom. The summed E-state index contributed by atoms with van der Waals surface area (Å²) in [6, 6.07) is 15.0. The smallest absolute Gasteiger partial charge is 0.408 e. The fraction of sp³-hybridized carbons (Fsp3) is 0.235. The van der Waals surface area contributed by atoms with Crippen molar-refractivity contribution in [2.45, 2.75) is 26.0 Å². The fourth-order valence-corrected chi connectivity index (χ4v) is 2.44. The van der Waals surface area contributed by atoms with E-state index >= 15 is 0 Å². The minimum atomic E-state index is -0.741. The second kappa shape index (κ2) is 5.58. The molecule has 4 nitrogen and oxygen atoms in total. The topological polar surface area (TPSA) is 55.4 Å². The van der Waals surface area contributed by atoms with Crippen LogP contribution in [-0.2, 0) is 13.0 Å². The van der Waals surface area contributed by atoms with Gasteiger partial charge in [-0.3, -0.25) is 4.57 Å². The van der Waals surface area contributed by atoms with Crippen LogP contribution >= 0.6 is 0 Å². The van der Waals surface area contributed by atoms with Crippen LogP contribution in [0.2, 0.25) is 0 Å². The highest BCUT2D eigenvalue weighted by Gasteiger charge is 2.14. The Kier molecular flexibility index (Phi) is 3.62. The zero-order chi connectivity index (χ0) is 14.8. The lowest BCUT2D eigenvalue weighted by atomic mass is 10.1. The Balaban J connectivity index is 1.90. The Bertz CT molecular complexity index is 799. The van der Waals surface area contributed by atoms with Crippen molar-refractivity contribution in [2.24, 2.45) is 0 Å². The van der Waals surface area contributed by atoms with Gasteiger partial charge < -0.3 is 9.52 Å². The molecule has 0 aliphatic rings. The van der Waals surface area contributed by atoms with Crippen molar-refractivity contribution in [3.8, 4) is 0 Å². The molecule has 0 saturated carbocycles. The molecule has 1 aromatic heterocycles. The molecule has 3 aromatic rings. The van der Waals surface area contributed by atoms with E-state index in [1.54, 1.807) is 6.07 Å². The van der Waals surface area contributed by atoms with Crippen LogP contribution in [0.1, 0.15) is 24.2 Å². The van der Waals surface area contributed by atoms with Crippen LogP contribution in [0.25, 0.3) is 11.1 Å². The molecule has 0 aliphatic carbocycles. The van der Waals surface area contributed by atoms with Gasteiger partial charge in [-0.25, -0.2) is 4.79 Å². The number of aliphatic hydroxyl groups excluding tert-OH is 1. The summed E-state index contributed by atoms with van der Waals surface area (Å²) < 4.78 is 6.63. The predicted octanol–water partition coefficient (Wildman–Crippen LogP) is 2.89. The number of rotatable bonds is 4. The molecule has 0 saturated heterocycles. The first-order valence-corrected chi connectivity index (χ1v) is 7.04. The number of aryl methyl sites for hydroxylation is 1. The number of fused-ring (bicyclic) bond motifs is 1. The summed E-state index contributed by atoms with van der Waals surface area (Å²) >= 11 is 0. The second-order valence-corrected chi connectivity index (χ2v) is 5.06. The zero-order valence-corrected chi connectivity index (χ0v) is 11.8. The third kappa shape index (κ3) is 2.62. The van der Waals surface area contributed by atoms with Gasteiger partial charge in [0.15, 0.2) is 5.58 Å². The lowest BCUT2D eigenvalue weighted by Crippen LogP contribution is -2.18. The first-order valence-electron chi connectivity index (χ1n) is 7.04. The summed E-state index contributed by atoms with van der Waals surface area (Å²) in [4.78, 5) is 11.9. The average Bonchev–Trinajstić information content (AvgIpc) is 2.83. The van der Waals surface area contributed by atoms with E-state index in [2.05, 4.69) is 6.92 Å². The number of benzene rings is 2. The van der Waals surface area contributed by atoms with E-state index in [1.165, 1.54) is 10.1 Å².